The van der Waals surface area contributed by atoms with E-state index in [1.807, 2.05) is 0 Å². The van der Waals surface area contributed by atoms with Gasteiger partial charge in [-0.1, -0.05) is 12.2 Å². The average molecular weight is 246 g/mol. The normalized spacial score (nSPS) is 19.1. The molecule has 0 radical (unpaired) electrons. The van der Waals surface area contributed by atoms with Gasteiger partial charge in [0.2, 0.25) is 0 Å². The standard InChI is InChI=1S/C12H10N2O4/c15-9-3-4-10(16)13(9)7-1-2-8-14-11(17)5-6-12(14)18/h1-6H,7-8H2/b2-1-. The first kappa shape index (κ1) is 12.0. The lowest BCUT2D eigenvalue weighted by atomic mass is 10.4. The van der Waals surface area contributed by atoms with Crippen molar-refractivity contribution in [3.63, 3.8) is 0 Å². The second kappa shape index (κ2) is 4.79. The Kier molecular flexibility index (Phi) is 3.18. The fraction of sp³-hybridized carbons (Fsp3) is 0.167. The Morgan fingerprint density at radius 3 is 1.22 bits per heavy atom. The SMILES string of the molecule is O=C1C=CC(=O)N1C/C=C\CN1C(=O)C=CC1=O. The van der Waals surface area contributed by atoms with Crippen molar-refractivity contribution >= 4 is 23.6 Å². The summed E-state index contributed by atoms with van der Waals surface area (Å²) in [5.41, 5.74) is 0. The highest BCUT2D eigenvalue weighted by Gasteiger charge is 2.23. The van der Waals surface area contributed by atoms with Gasteiger partial charge >= 0.3 is 0 Å². The van der Waals surface area contributed by atoms with E-state index in [1.54, 1.807) is 12.2 Å². The highest BCUT2D eigenvalue weighted by molar-refractivity contribution is 6.13. The maximum absolute atomic E-state index is 11.2. The van der Waals surface area contributed by atoms with Gasteiger partial charge in [0.1, 0.15) is 0 Å². The summed E-state index contributed by atoms with van der Waals surface area (Å²) in [5, 5.41) is 0. The Morgan fingerprint density at radius 1 is 0.667 bits per heavy atom. The Bertz CT molecular complexity index is 434. The van der Waals surface area contributed by atoms with Gasteiger partial charge < -0.3 is 0 Å². The second-order valence-electron chi connectivity index (χ2n) is 3.71. The maximum atomic E-state index is 11.2. The Hall–Kier alpha value is -2.50. The molecule has 0 aromatic carbocycles. The number of hydrogen-bond donors (Lipinski definition) is 0. The fourth-order valence-electron chi connectivity index (χ4n) is 1.58. The van der Waals surface area contributed by atoms with Crippen molar-refractivity contribution in [3.8, 4) is 0 Å². The number of hydrogen-bond acceptors (Lipinski definition) is 4. The molecule has 4 amide bonds. The van der Waals surface area contributed by atoms with E-state index in [2.05, 4.69) is 0 Å². The molecule has 0 N–H and O–H groups in total. The summed E-state index contributed by atoms with van der Waals surface area (Å²) in [6.45, 7) is 0.267. The van der Waals surface area contributed by atoms with Crippen molar-refractivity contribution in [2.75, 3.05) is 13.1 Å². The van der Waals surface area contributed by atoms with Crippen LogP contribution in [0.2, 0.25) is 0 Å². The summed E-state index contributed by atoms with van der Waals surface area (Å²) in [7, 11) is 0. The molecule has 0 aliphatic carbocycles. The molecule has 6 nitrogen and oxygen atoms in total. The zero-order chi connectivity index (χ0) is 13.1. The average Bonchev–Trinajstić information content (AvgIpc) is 2.82. The van der Waals surface area contributed by atoms with E-state index in [9.17, 15) is 19.2 Å². The summed E-state index contributed by atoms with van der Waals surface area (Å²) >= 11 is 0. The van der Waals surface area contributed by atoms with Crippen LogP contribution in [0, 0.1) is 0 Å². The largest absolute Gasteiger partial charge is 0.272 e. The minimum absolute atomic E-state index is 0.133. The van der Waals surface area contributed by atoms with Gasteiger partial charge in [-0.25, -0.2) is 0 Å². The van der Waals surface area contributed by atoms with Gasteiger partial charge in [0.05, 0.1) is 0 Å². The zero-order valence-corrected chi connectivity index (χ0v) is 9.41. The summed E-state index contributed by atoms with van der Waals surface area (Å²) in [5.74, 6) is -1.45. The molecule has 18 heavy (non-hydrogen) atoms. The number of carbonyl (C=O) groups excluding carboxylic acids is 4. The Labute approximate surface area is 103 Å². The highest BCUT2D eigenvalue weighted by Crippen LogP contribution is 2.05. The summed E-state index contributed by atoms with van der Waals surface area (Å²) in [6, 6.07) is 0. The number of rotatable bonds is 4. The van der Waals surface area contributed by atoms with Gasteiger partial charge in [0.15, 0.2) is 0 Å². The third kappa shape index (κ3) is 2.27. The third-order valence-electron chi connectivity index (χ3n) is 2.54. The smallest absolute Gasteiger partial charge is 0.253 e. The molecule has 2 aliphatic heterocycles. The van der Waals surface area contributed by atoms with Gasteiger partial charge in [0, 0.05) is 37.4 Å². The maximum Gasteiger partial charge on any atom is 0.253 e. The van der Waals surface area contributed by atoms with Crippen LogP contribution in [0.15, 0.2) is 36.5 Å². The van der Waals surface area contributed by atoms with Crippen molar-refractivity contribution in [2.24, 2.45) is 0 Å². The van der Waals surface area contributed by atoms with Crippen LogP contribution in [-0.4, -0.2) is 46.5 Å². The quantitative estimate of drug-likeness (QED) is 0.490. The lowest BCUT2D eigenvalue weighted by Gasteiger charge is -2.12. The number of carbonyl (C=O) groups is 4. The molecule has 0 saturated heterocycles. The molecule has 2 aliphatic rings. The van der Waals surface area contributed by atoms with E-state index in [4.69, 9.17) is 0 Å². The third-order valence-corrected chi connectivity index (χ3v) is 2.54. The van der Waals surface area contributed by atoms with E-state index >= 15 is 0 Å². The van der Waals surface area contributed by atoms with Gasteiger partial charge in [-0.3, -0.25) is 29.0 Å². The van der Waals surface area contributed by atoms with E-state index in [-0.39, 0.29) is 36.7 Å². The van der Waals surface area contributed by atoms with Crippen LogP contribution < -0.4 is 0 Å². The molecular formula is C12H10N2O4. The van der Waals surface area contributed by atoms with Crippen LogP contribution >= 0.6 is 0 Å². The first-order chi connectivity index (χ1) is 8.59. The number of amides is 4. The lowest BCUT2D eigenvalue weighted by Crippen LogP contribution is -2.31. The van der Waals surface area contributed by atoms with Crippen LogP contribution in [0.4, 0.5) is 0 Å². The summed E-state index contributed by atoms with van der Waals surface area (Å²) < 4.78 is 0. The molecule has 0 aromatic rings. The van der Waals surface area contributed by atoms with Crippen molar-refractivity contribution in [1.82, 2.24) is 9.80 Å². The molecule has 0 spiro atoms. The van der Waals surface area contributed by atoms with Gasteiger partial charge in [-0.05, 0) is 0 Å². The molecule has 0 unspecified atom stereocenters. The molecule has 0 bridgehead atoms. The monoisotopic (exact) mass is 246 g/mol. The zero-order valence-electron chi connectivity index (χ0n) is 9.41. The minimum Gasteiger partial charge on any atom is -0.272 e. The van der Waals surface area contributed by atoms with Gasteiger partial charge in [-0.2, -0.15) is 0 Å². The van der Waals surface area contributed by atoms with E-state index in [0.717, 1.165) is 9.80 Å². The van der Waals surface area contributed by atoms with Crippen molar-refractivity contribution < 1.29 is 19.2 Å². The molecule has 0 atom stereocenters. The first-order valence-electron chi connectivity index (χ1n) is 5.31. The molecule has 0 saturated carbocycles. The van der Waals surface area contributed by atoms with E-state index < -0.39 is 0 Å². The molecular weight excluding hydrogens is 236 g/mol. The Balaban J connectivity index is 1.83. The van der Waals surface area contributed by atoms with E-state index in [1.165, 1.54) is 24.3 Å². The number of imide groups is 2. The Morgan fingerprint density at radius 2 is 0.944 bits per heavy atom. The second-order valence-corrected chi connectivity index (χ2v) is 3.71. The van der Waals surface area contributed by atoms with E-state index in [0.29, 0.717) is 0 Å². The first-order valence-corrected chi connectivity index (χ1v) is 5.31. The molecule has 0 aromatic heterocycles. The number of nitrogens with zero attached hydrogens (tertiary/aromatic N) is 2. The fourth-order valence-corrected chi connectivity index (χ4v) is 1.58. The molecule has 92 valence electrons. The molecule has 6 heteroatoms. The van der Waals surface area contributed by atoms with Crippen molar-refractivity contribution in [2.45, 2.75) is 0 Å². The lowest BCUT2D eigenvalue weighted by molar-refractivity contribution is -0.137. The molecule has 0 fully saturated rings. The van der Waals surface area contributed by atoms with Gasteiger partial charge in [-0.15, -0.1) is 0 Å². The van der Waals surface area contributed by atoms with Gasteiger partial charge in [0.25, 0.3) is 23.6 Å². The van der Waals surface area contributed by atoms with Crippen LogP contribution in [0.1, 0.15) is 0 Å². The summed E-state index contributed by atoms with van der Waals surface area (Å²) in [4.78, 5) is 46.9. The van der Waals surface area contributed by atoms with Crippen molar-refractivity contribution in [3.05, 3.63) is 36.5 Å². The minimum atomic E-state index is -0.361. The molecule has 2 heterocycles. The topological polar surface area (TPSA) is 74.8 Å². The predicted octanol–water partition coefficient (Wildman–Crippen LogP) is -0.607. The highest BCUT2D eigenvalue weighted by atomic mass is 16.2. The molecule has 2 rings (SSSR count). The predicted molar refractivity (Wildman–Crippen MR) is 60.9 cm³/mol. The van der Waals surface area contributed by atoms with Crippen molar-refractivity contribution in [1.29, 1.82) is 0 Å². The summed E-state index contributed by atoms with van der Waals surface area (Å²) in [6.07, 6.45) is 7.95. The van der Waals surface area contributed by atoms with Crippen LogP contribution in [0.3, 0.4) is 0 Å². The van der Waals surface area contributed by atoms with Crippen LogP contribution in [-0.2, 0) is 19.2 Å². The van der Waals surface area contributed by atoms with Crippen LogP contribution in [0.5, 0.6) is 0 Å². The van der Waals surface area contributed by atoms with Crippen LogP contribution in [0.25, 0.3) is 0 Å².